The standard InChI is InChI=1S/C10H11NOS/c12-5-1-2-8-3-4-9-7-11-13-10(9)6-8/h3-4,6-7,12H,1-2,5H2. The van der Waals surface area contributed by atoms with Gasteiger partial charge in [-0.2, -0.15) is 4.37 Å². The zero-order chi connectivity index (χ0) is 9.10. The summed E-state index contributed by atoms with van der Waals surface area (Å²) >= 11 is 1.52. The Balaban J connectivity index is 2.26. The minimum atomic E-state index is 0.265. The molecule has 2 aromatic rings. The van der Waals surface area contributed by atoms with Crippen LogP contribution in [0.5, 0.6) is 0 Å². The molecule has 0 amide bonds. The van der Waals surface area contributed by atoms with E-state index in [0.29, 0.717) is 0 Å². The molecule has 1 N–H and O–H groups in total. The number of aromatic nitrogens is 1. The second-order valence-corrected chi connectivity index (χ2v) is 3.86. The molecular formula is C10H11NOS. The van der Waals surface area contributed by atoms with Crippen molar-refractivity contribution in [2.24, 2.45) is 0 Å². The first-order valence-corrected chi connectivity index (χ1v) is 5.11. The molecular weight excluding hydrogens is 182 g/mol. The highest BCUT2D eigenvalue weighted by atomic mass is 32.1. The fraction of sp³-hybridized carbons (Fsp3) is 0.300. The molecule has 0 radical (unpaired) electrons. The predicted molar refractivity (Wildman–Crippen MR) is 55.0 cm³/mol. The van der Waals surface area contributed by atoms with Gasteiger partial charge in [-0.25, -0.2) is 0 Å². The smallest absolute Gasteiger partial charge is 0.0552 e. The molecule has 0 aliphatic carbocycles. The second kappa shape index (κ2) is 3.85. The lowest BCUT2D eigenvalue weighted by atomic mass is 10.1. The van der Waals surface area contributed by atoms with Crippen LogP contribution in [0, 0.1) is 0 Å². The summed E-state index contributed by atoms with van der Waals surface area (Å²) in [6.07, 6.45) is 3.67. The zero-order valence-corrected chi connectivity index (χ0v) is 8.05. The first-order chi connectivity index (χ1) is 6.40. The van der Waals surface area contributed by atoms with Gasteiger partial charge >= 0.3 is 0 Å². The Hall–Kier alpha value is -0.930. The van der Waals surface area contributed by atoms with Crippen LogP contribution in [0.4, 0.5) is 0 Å². The molecule has 0 saturated heterocycles. The molecule has 2 nitrogen and oxygen atoms in total. The fourth-order valence-corrected chi connectivity index (χ4v) is 2.05. The third-order valence-electron chi connectivity index (χ3n) is 2.04. The number of aliphatic hydroxyl groups is 1. The average Bonchev–Trinajstić information content (AvgIpc) is 2.61. The highest BCUT2D eigenvalue weighted by Gasteiger charge is 1.97. The van der Waals surface area contributed by atoms with E-state index in [-0.39, 0.29) is 6.61 Å². The van der Waals surface area contributed by atoms with E-state index < -0.39 is 0 Å². The molecule has 0 unspecified atom stereocenters. The molecule has 68 valence electrons. The number of aryl methyl sites for hydroxylation is 1. The van der Waals surface area contributed by atoms with E-state index >= 15 is 0 Å². The molecule has 0 saturated carbocycles. The highest BCUT2D eigenvalue weighted by Crippen LogP contribution is 2.19. The van der Waals surface area contributed by atoms with Crippen molar-refractivity contribution in [3.63, 3.8) is 0 Å². The molecule has 13 heavy (non-hydrogen) atoms. The third-order valence-corrected chi connectivity index (χ3v) is 2.81. The number of hydrogen-bond donors (Lipinski definition) is 1. The summed E-state index contributed by atoms with van der Waals surface area (Å²) in [7, 11) is 0. The number of fused-ring (bicyclic) bond motifs is 1. The maximum Gasteiger partial charge on any atom is 0.0552 e. The quantitative estimate of drug-likeness (QED) is 0.810. The lowest BCUT2D eigenvalue weighted by Crippen LogP contribution is -1.88. The van der Waals surface area contributed by atoms with E-state index in [0.717, 1.165) is 12.8 Å². The Morgan fingerprint density at radius 3 is 3.15 bits per heavy atom. The van der Waals surface area contributed by atoms with Crippen molar-refractivity contribution in [2.75, 3.05) is 6.61 Å². The van der Waals surface area contributed by atoms with Crippen LogP contribution in [0.3, 0.4) is 0 Å². The van der Waals surface area contributed by atoms with Crippen molar-refractivity contribution in [1.29, 1.82) is 0 Å². The third kappa shape index (κ3) is 1.87. The number of rotatable bonds is 3. The summed E-state index contributed by atoms with van der Waals surface area (Å²) in [6.45, 7) is 0.265. The number of benzene rings is 1. The maximum atomic E-state index is 8.69. The Morgan fingerprint density at radius 2 is 2.31 bits per heavy atom. The number of aliphatic hydroxyl groups excluding tert-OH is 1. The topological polar surface area (TPSA) is 33.1 Å². The van der Waals surface area contributed by atoms with E-state index in [9.17, 15) is 0 Å². The molecule has 1 aromatic heterocycles. The summed E-state index contributed by atoms with van der Waals surface area (Å²) in [5, 5.41) is 9.90. The van der Waals surface area contributed by atoms with Crippen molar-refractivity contribution in [2.45, 2.75) is 12.8 Å². The van der Waals surface area contributed by atoms with Gasteiger partial charge in [0, 0.05) is 18.2 Å². The minimum Gasteiger partial charge on any atom is -0.396 e. The maximum absolute atomic E-state index is 8.69. The summed E-state index contributed by atoms with van der Waals surface area (Å²) in [6, 6.07) is 6.35. The molecule has 0 aliphatic rings. The Bertz CT molecular complexity index is 396. The van der Waals surface area contributed by atoms with E-state index in [1.54, 1.807) is 0 Å². The molecule has 0 aliphatic heterocycles. The van der Waals surface area contributed by atoms with Gasteiger partial charge in [-0.1, -0.05) is 12.1 Å². The van der Waals surface area contributed by atoms with Gasteiger partial charge in [0.25, 0.3) is 0 Å². The molecule has 0 fully saturated rings. The molecule has 3 heteroatoms. The van der Waals surface area contributed by atoms with E-state index in [2.05, 4.69) is 22.6 Å². The van der Waals surface area contributed by atoms with Gasteiger partial charge in [0.05, 0.1) is 4.70 Å². The molecule has 1 heterocycles. The van der Waals surface area contributed by atoms with Gasteiger partial charge in [-0.15, -0.1) is 0 Å². The molecule has 0 atom stereocenters. The van der Waals surface area contributed by atoms with Crippen LogP contribution in [-0.2, 0) is 6.42 Å². The summed E-state index contributed by atoms with van der Waals surface area (Å²) in [5.74, 6) is 0. The lowest BCUT2D eigenvalue weighted by Gasteiger charge is -1.98. The lowest BCUT2D eigenvalue weighted by molar-refractivity contribution is 0.288. The van der Waals surface area contributed by atoms with Crippen LogP contribution in [0.2, 0.25) is 0 Å². The van der Waals surface area contributed by atoms with Gasteiger partial charge in [0.15, 0.2) is 0 Å². The van der Waals surface area contributed by atoms with Crippen LogP contribution < -0.4 is 0 Å². The van der Waals surface area contributed by atoms with Crippen molar-refractivity contribution in [1.82, 2.24) is 4.37 Å². The second-order valence-electron chi connectivity index (χ2n) is 3.03. The van der Waals surface area contributed by atoms with Gasteiger partial charge in [0.1, 0.15) is 0 Å². The highest BCUT2D eigenvalue weighted by molar-refractivity contribution is 7.13. The van der Waals surface area contributed by atoms with Crippen molar-refractivity contribution >= 4 is 21.6 Å². The largest absolute Gasteiger partial charge is 0.396 e. The van der Waals surface area contributed by atoms with Crippen LogP contribution >= 0.6 is 11.5 Å². The van der Waals surface area contributed by atoms with Gasteiger partial charge in [-0.3, -0.25) is 0 Å². The van der Waals surface area contributed by atoms with Crippen molar-refractivity contribution in [3.8, 4) is 0 Å². The van der Waals surface area contributed by atoms with Crippen molar-refractivity contribution in [3.05, 3.63) is 30.0 Å². The Labute approximate surface area is 81.0 Å². The fourth-order valence-electron chi connectivity index (χ4n) is 1.34. The Kier molecular flexibility index (Phi) is 2.57. The summed E-state index contributed by atoms with van der Waals surface area (Å²) in [5.41, 5.74) is 1.28. The first kappa shape index (κ1) is 8.66. The first-order valence-electron chi connectivity index (χ1n) is 4.34. The predicted octanol–water partition coefficient (Wildman–Crippen LogP) is 2.22. The van der Waals surface area contributed by atoms with Gasteiger partial charge in [-0.05, 0) is 36.0 Å². The van der Waals surface area contributed by atoms with Crippen LogP contribution in [0.25, 0.3) is 10.1 Å². The summed E-state index contributed by atoms with van der Waals surface area (Å²) < 4.78 is 5.35. The summed E-state index contributed by atoms with van der Waals surface area (Å²) in [4.78, 5) is 0. The van der Waals surface area contributed by atoms with E-state index in [1.165, 1.54) is 27.2 Å². The van der Waals surface area contributed by atoms with Crippen LogP contribution in [-0.4, -0.2) is 16.1 Å². The van der Waals surface area contributed by atoms with Crippen molar-refractivity contribution < 1.29 is 5.11 Å². The van der Waals surface area contributed by atoms with Crippen LogP contribution in [0.15, 0.2) is 24.4 Å². The molecule has 0 spiro atoms. The molecule has 1 aromatic carbocycles. The zero-order valence-electron chi connectivity index (χ0n) is 7.23. The van der Waals surface area contributed by atoms with Gasteiger partial charge in [0.2, 0.25) is 0 Å². The normalized spacial score (nSPS) is 10.8. The number of hydrogen-bond acceptors (Lipinski definition) is 3. The van der Waals surface area contributed by atoms with Crippen LogP contribution in [0.1, 0.15) is 12.0 Å². The number of nitrogens with zero attached hydrogens (tertiary/aromatic N) is 1. The Morgan fingerprint density at radius 1 is 1.38 bits per heavy atom. The average molecular weight is 193 g/mol. The van der Waals surface area contributed by atoms with E-state index in [1.807, 2.05) is 6.20 Å². The SMILES string of the molecule is OCCCc1ccc2cnsc2c1. The monoisotopic (exact) mass is 193 g/mol. The van der Waals surface area contributed by atoms with Gasteiger partial charge < -0.3 is 5.11 Å². The molecule has 2 rings (SSSR count). The van der Waals surface area contributed by atoms with E-state index in [4.69, 9.17) is 5.11 Å². The minimum absolute atomic E-state index is 0.265. The molecule has 0 bridgehead atoms.